The Labute approximate surface area is 113 Å². The van der Waals surface area contributed by atoms with Gasteiger partial charge in [-0.05, 0) is 29.7 Å². The lowest BCUT2D eigenvalue weighted by Crippen LogP contribution is -2.07. The maximum absolute atomic E-state index is 12.2. The van der Waals surface area contributed by atoms with Gasteiger partial charge >= 0.3 is 7.60 Å². The van der Waals surface area contributed by atoms with Crippen LogP contribution in [-0.4, -0.2) is 14.2 Å². The lowest BCUT2D eigenvalue weighted by atomic mass is 10.1. The summed E-state index contributed by atoms with van der Waals surface area (Å²) in [6.07, 6.45) is 0.853. The first-order chi connectivity index (χ1) is 9.18. The third-order valence-electron chi connectivity index (χ3n) is 2.98. The van der Waals surface area contributed by atoms with Crippen molar-refractivity contribution in [3.63, 3.8) is 0 Å². The van der Waals surface area contributed by atoms with E-state index in [9.17, 15) is 4.57 Å². The molecule has 0 aliphatic heterocycles. The van der Waals surface area contributed by atoms with Gasteiger partial charge in [0.25, 0.3) is 0 Å². The molecule has 0 saturated carbocycles. The zero-order valence-corrected chi connectivity index (χ0v) is 12.0. The van der Waals surface area contributed by atoms with Crippen LogP contribution in [0.3, 0.4) is 0 Å². The summed E-state index contributed by atoms with van der Waals surface area (Å²) in [6.45, 7) is 0. The summed E-state index contributed by atoms with van der Waals surface area (Å²) < 4.78 is 22.1. The first-order valence-electron chi connectivity index (χ1n) is 6.03. The van der Waals surface area contributed by atoms with Crippen LogP contribution in [0.15, 0.2) is 54.6 Å². The van der Waals surface area contributed by atoms with Crippen LogP contribution in [-0.2, 0) is 20.0 Å². The predicted molar refractivity (Wildman–Crippen MR) is 76.9 cm³/mol. The van der Waals surface area contributed by atoms with Gasteiger partial charge < -0.3 is 9.05 Å². The Morgan fingerprint density at radius 2 is 1.37 bits per heavy atom. The quantitative estimate of drug-likeness (QED) is 0.785. The molecule has 0 spiro atoms. The highest BCUT2D eigenvalue weighted by atomic mass is 31.2. The van der Waals surface area contributed by atoms with Gasteiger partial charge in [0.15, 0.2) is 0 Å². The topological polar surface area (TPSA) is 35.5 Å². The molecule has 0 unspecified atom stereocenters. The molecule has 0 amide bonds. The van der Waals surface area contributed by atoms with Gasteiger partial charge in [0, 0.05) is 14.2 Å². The molecule has 0 aliphatic carbocycles. The molecule has 0 radical (unpaired) electrons. The van der Waals surface area contributed by atoms with E-state index in [0.717, 1.165) is 12.0 Å². The van der Waals surface area contributed by atoms with Crippen LogP contribution in [0.2, 0.25) is 0 Å². The normalized spacial score (nSPS) is 11.5. The van der Waals surface area contributed by atoms with Crippen LogP contribution in [0.4, 0.5) is 0 Å². The van der Waals surface area contributed by atoms with Crippen molar-refractivity contribution in [3.05, 3.63) is 65.7 Å². The van der Waals surface area contributed by atoms with Crippen molar-refractivity contribution in [3.8, 4) is 0 Å². The lowest BCUT2D eigenvalue weighted by Gasteiger charge is -2.13. The molecular weight excluding hydrogens is 259 g/mol. The molecular formula is C15H17O3P. The summed E-state index contributed by atoms with van der Waals surface area (Å²) in [4.78, 5) is 0. The van der Waals surface area contributed by atoms with Gasteiger partial charge in [0.05, 0.1) is 5.30 Å². The van der Waals surface area contributed by atoms with Crippen LogP contribution in [0, 0.1) is 0 Å². The minimum Gasteiger partial charge on any atom is -0.309 e. The summed E-state index contributed by atoms with van der Waals surface area (Å²) in [5, 5.41) is 0.578. The molecule has 0 atom stereocenters. The molecule has 4 heteroatoms. The zero-order valence-electron chi connectivity index (χ0n) is 11.1. The molecule has 3 nitrogen and oxygen atoms in total. The highest BCUT2D eigenvalue weighted by Gasteiger charge is 2.23. The van der Waals surface area contributed by atoms with Gasteiger partial charge in [-0.25, -0.2) is 0 Å². The minimum atomic E-state index is -3.14. The van der Waals surface area contributed by atoms with Gasteiger partial charge in [-0.15, -0.1) is 0 Å². The Hall–Kier alpha value is -1.41. The minimum absolute atomic E-state index is 0.578. The average molecular weight is 276 g/mol. The van der Waals surface area contributed by atoms with Crippen molar-refractivity contribution in [2.75, 3.05) is 14.2 Å². The Morgan fingerprint density at radius 1 is 0.842 bits per heavy atom. The number of rotatable bonds is 5. The fraction of sp³-hybridized carbons (Fsp3) is 0.200. The smallest absolute Gasteiger partial charge is 0.309 e. The molecule has 100 valence electrons. The Kier molecular flexibility index (Phi) is 4.54. The fourth-order valence-electron chi connectivity index (χ4n) is 1.91. The predicted octanol–water partition coefficient (Wildman–Crippen LogP) is 3.39. The van der Waals surface area contributed by atoms with E-state index in [-0.39, 0.29) is 0 Å². The van der Waals surface area contributed by atoms with E-state index in [2.05, 4.69) is 12.1 Å². The molecule has 0 bridgehead atoms. The van der Waals surface area contributed by atoms with Crippen molar-refractivity contribution < 1.29 is 13.6 Å². The van der Waals surface area contributed by atoms with Crippen molar-refractivity contribution in [1.82, 2.24) is 0 Å². The van der Waals surface area contributed by atoms with Crippen molar-refractivity contribution in [2.24, 2.45) is 0 Å². The summed E-state index contributed by atoms with van der Waals surface area (Å²) in [6, 6.07) is 17.7. The SMILES string of the molecule is COP(=O)(OC)c1ccc(Cc2ccccc2)cc1. The second-order valence-electron chi connectivity index (χ2n) is 4.19. The fourth-order valence-corrected chi connectivity index (χ4v) is 3.00. The molecule has 2 aromatic rings. The molecule has 0 aromatic heterocycles. The van der Waals surface area contributed by atoms with E-state index in [1.165, 1.54) is 19.8 Å². The zero-order chi connectivity index (χ0) is 13.7. The molecule has 0 saturated heterocycles. The Bertz CT molecular complexity index is 556. The van der Waals surface area contributed by atoms with Gasteiger partial charge in [-0.1, -0.05) is 42.5 Å². The van der Waals surface area contributed by atoms with Gasteiger partial charge in [0.1, 0.15) is 0 Å². The summed E-state index contributed by atoms with van der Waals surface area (Å²) in [7, 11) is -0.354. The Balaban J connectivity index is 2.17. The average Bonchev–Trinajstić information content (AvgIpc) is 2.48. The van der Waals surface area contributed by atoms with E-state index < -0.39 is 7.60 Å². The number of benzene rings is 2. The van der Waals surface area contributed by atoms with E-state index >= 15 is 0 Å². The Morgan fingerprint density at radius 3 is 1.89 bits per heavy atom. The van der Waals surface area contributed by atoms with Crippen molar-refractivity contribution in [1.29, 1.82) is 0 Å². The number of hydrogen-bond acceptors (Lipinski definition) is 3. The summed E-state index contributed by atoms with van der Waals surface area (Å²) in [5.74, 6) is 0. The second-order valence-corrected chi connectivity index (χ2v) is 6.43. The van der Waals surface area contributed by atoms with Crippen LogP contribution >= 0.6 is 7.60 Å². The molecule has 0 N–H and O–H groups in total. The van der Waals surface area contributed by atoms with Gasteiger partial charge in [-0.3, -0.25) is 4.57 Å². The maximum atomic E-state index is 12.2. The van der Waals surface area contributed by atoms with Crippen molar-refractivity contribution >= 4 is 12.9 Å². The first kappa shape index (κ1) is 14.0. The third kappa shape index (κ3) is 3.32. The van der Waals surface area contributed by atoms with E-state index in [4.69, 9.17) is 9.05 Å². The monoisotopic (exact) mass is 276 g/mol. The number of hydrogen-bond donors (Lipinski definition) is 0. The van der Waals surface area contributed by atoms with Crippen LogP contribution in [0.1, 0.15) is 11.1 Å². The molecule has 0 heterocycles. The van der Waals surface area contributed by atoms with Crippen LogP contribution in [0.5, 0.6) is 0 Å². The van der Waals surface area contributed by atoms with Crippen molar-refractivity contribution in [2.45, 2.75) is 6.42 Å². The highest BCUT2D eigenvalue weighted by Crippen LogP contribution is 2.44. The molecule has 0 fully saturated rings. The van der Waals surface area contributed by atoms with Gasteiger partial charge in [-0.2, -0.15) is 0 Å². The third-order valence-corrected chi connectivity index (χ3v) is 4.88. The van der Waals surface area contributed by atoms with E-state index in [1.54, 1.807) is 12.1 Å². The first-order valence-corrected chi connectivity index (χ1v) is 7.57. The standard InChI is InChI=1S/C15H17O3P/c1-17-19(16,18-2)15-10-8-14(9-11-15)12-13-6-4-3-5-7-13/h3-11H,12H2,1-2H3. The van der Waals surface area contributed by atoms with E-state index in [1.807, 2.05) is 30.3 Å². The largest absolute Gasteiger partial charge is 0.360 e. The lowest BCUT2D eigenvalue weighted by molar-refractivity contribution is 0.287. The molecule has 19 heavy (non-hydrogen) atoms. The second kappa shape index (κ2) is 6.16. The van der Waals surface area contributed by atoms with Crippen LogP contribution < -0.4 is 5.30 Å². The van der Waals surface area contributed by atoms with Gasteiger partial charge in [0.2, 0.25) is 0 Å². The van der Waals surface area contributed by atoms with E-state index in [0.29, 0.717) is 5.30 Å². The molecule has 2 aromatic carbocycles. The highest BCUT2D eigenvalue weighted by molar-refractivity contribution is 7.62. The maximum Gasteiger partial charge on any atom is 0.360 e. The molecule has 2 rings (SSSR count). The summed E-state index contributed by atoms with van der Waals surface area (Å²) in [5.41, 5.74) is 2.41. The van der Waals surface area contributed by atoms with Crippen LogP contribution in [0.25, 0.3) is 0 Å². The summed E-state index contributed by atoms with van der Waals surface area (Å²) >= 11 is 0. The molecule has 0 aliphatic rings.